The lowest BCUT2D eigenvalue weighted by Crippen LogP contribution is -2.61. The Labute approximate surface area is 106 Å². The number of carbonyl (C=O) groups is 2. The van der Waals surface area contributed by atoms with Gasteiger partial charge >= 0.3 is 0 Å². The summed E-state index contributed by atoms with van der Waals surface area (Å²) in [5, 5.41) is 0. The SMILES string of the molecule is O=C1C2CCCCN2C(=O)CN1c1ccccc1. The van der Waals surface area contributed by atoms with Gasteiger partial charge in [-0.25, -0.2) is 0 Å². The van der Waals surface area contributed by atoms with Crippen LogP contribution < -0.4 is 4.90 Å². The van der Waals surface area contributed by atoms with Crippen molar-refractivity contribution in [2.45, 2.75) is 25.3 Å². The molecule has 2 saturated heterocycles. The van der Waals surface area contributed by atoms with Gasteiger partial charge in [-0.3, -0.25) is 9.59 Å². The van der Waals surface area contributed by atoms with E-state index in [1.807, 2.05) is 30.3 Å². The number of anilines is 1. The summed E-state index contributed by atoms with van der Waals surface area (Å²) in [6.45, 7) is 0.914. The molecule has 0 N–H and O–H groups in total. The molecule has 0 aromatic heterocycles. The Morgan fingerprint density at radius 3 is 2.61 bits per heavy atom. The predicted molar refractivity (Wildman–Crippen MR) is 68.1 cm³/mol. The molecule has 2 fully saturated rings. The number of carbonyl (C=O) groups excluding carboxylic acids is 2. The molecule has 94 valence electrons. The fourth-order valence-electron chi connectivity index (χ4n) is 2.80. The monoisotopic (exact) mass is 244 g/mol. The van der Waals surface area contributed by atoms with Crippen molar-refractivity contribution < 1.29 is 9.59 Å². The highest BCUT2D eigenvalue weighted by atomic mass is 16.2. The first kappa shape index (κ1) is 11.3. The van der Waals surface area contributed by atoms with E-state index in [1.54, 1.807) is 9.80 Å². The third-order valence-electron chi connectivity index (χ3n) is 3.74. The molecule has 1 aromatic carbocycles. The highest BCUT2D eigenvalue weighted by Gasteiger charge is 2.40. The number of piperidine rings is 1. The molecule has 1 aromatic rings. The number of amides is 2. The average Bonchev–Trinajstić information content (AvgIpc) is 2.44. The quantitative estimate of drug-likeness (QED) is 0.749. The van der Waals surface area contributed by atoms with E-state index in [1.165, 1.54) is 0 Å². The molecule has 2 amide bonds. The Hall–Kier alpha value is -1.84. The lowest BCUT2D eigenvalue weighted by molar-refractivity contribution is -0.144. The molecule has 2 aliphatic rings. The molecule has 1 unspecified atom stereocenters. The second kappa shape index (κ2) is 4.44. The first-order valence-corrected chi connectivity index (χ1v) is 6.43. The third kappa shape index (κ3) is 1.78. The minimum atomic E-state index is -0.236. The summed E-state index contributed by atoms with van der Waals surface area (Å²) in [6, 6.07) is 9.21. The van der Waals surface area contributed by atoms with Crippen molar-refractivity contribution in [2.75, 3.05) is 18.0 Å². The van der Waals surface area contributed by atoms with Gasteiger partial charge in [0.05, 0.1) is 0 Å². The normalized spacial score (nSPS) is 24.1. The van der Waals surface area contributed by atoms with Gasteiger partial charge in [0.1, 0.15) is 12.6 Å². The number of benzene rings is 1. The lowest BCUT2D eigenvalue weighted by atomic mass is 9.98. The molecule has 18 heavy (non-hydrogen) atoms. The summed E-state index contributed by atoms with van der Waals surface area (Å²) in [7, 11) is 0. The van der Waals surface area contributed by atoms with Gasteiger partial charge in [-0.2, -0.15) is 0 Å². The largest absolute Gasteiger partial charge is 0.329 e. The summed E-state index contributed by atoms with van der Waals surface area (Å²) < 4.78 is 0. The molecule has 0 bridgehead atoms. The Balaban J connectivity index is 1.90. The number of fused-ring (bicyclic) bond motifs is 1. The van der Waals surface area contributed by atoms with Gasteiger partial charge in [-0.05, 0) is 31.4 Å². The van der Waals surface area contributed by atoms with E-state index in [4.69, 9.17) is 0 Å². The minimum Gasteiger partial charge on any atom is -0.329 e. The number of hydrogen-bond acceptors (Lipinski definition) is 2. The van der Waals surface area contributed by atoms with Crippen molar-refractivity contribution in [1.82, 2.24) is 4.90 Å². The zero-order valence-corrected chi connectivity index (χ0v) is 10.2. The number of nitrogens with zero attached hydrogens (tertiary/aromatic N) is 2. The van der Waals surface area contributed by atoms with Gasteiger partial charge in [0.25, 0.3) is 0 Å². The Bertz CT molecular complexity index is 472. The van der Waals surface area contributed by atoms with Gasteiger partial charge < -0.3 is 9.80 Å². The highest BCUT2D eigenvalue weighted by Crippen LogP contribution is 2.26. The number of para-hydroxylation sites is 1. The summed E-state index contributed by atoms with van der Waals surface area (Å²) in [5.74, 6) is 0.142. The van der Waals surface area contributed by atoms with Crippen LogP contribution in [0.4, 0.5) is 5.69 Å². The van der Waals surface area contributed by atoms with Crippen molar-refractivity contribution in [3.05, 3.63) is 30.3 Å². The number of rotatable bonds is 1. The molecule has 1 atom stereocenters. The number of hydrogen-bond donors (Lipinski definition) is 0. The first-order valence-electron chi connectivity index (χ1n) is 6.43. The molecule has 2 aliphatic heterocycles. The van der Waals surface area contributed by atoms with Gasteiger partial charge in [-0.15, -0.1) is 0 Å². The van der Waals surface area contributed by atoms with E-state index in [9.17, 15) is 9.59 Å². The molecule has 4 heteroatoms. The lowest BCUT2D eigenvalue weighted by Gasteiger charge is -2.42. The van der Waals surface area contributed by atoms with Crippen LogP contribution in [0.1, 0.15) is 19.3 Å². The molecule has 0 spiro atoms. The zero-order valence-electron chi connectivity index (χ0n) is 10.2. The number of piperazine rings is 1. The van der Waals surface area contributed by atoms with Crippen LogP contribution in [0.15, 0.2) is 30.3 Å². The third-order valence-corrected chi connectivity index (χ3v) is 3.74. The average molecular weight is 244 g/mol. The maximum atomic E-state index is 12.4. The van der Waals surface area contributed by atoms with Crippen LogP contribution in [-0.4, -0.2) is 35.8 Å². The van der Waals surface area contributed by atoms with E-state index in [2.05, 4.69) is 0 Å². The van der Waals surface area contributed by atoms with Gasteiger partial charge in [0.15, 0.2) is 0 Å². The zero-order chi connectivity index (χ0) is 12.5. The molecule has 4 nitrogen and oxygen atoms in total. The van der Waals surface area contributed by atoms with E-state index in [0.29, 0.717) is 0 Å². The smallest absolute Gasteiger partial charge is 0.250 e. The molecule has 3 rings (SSSR count). The summed E-state index contributed by atoms with van der Waals surface area (Å²) in [6.07, 6.45) is 2.84. The van der Waals surface area contributed by atoms with E-state index in [0.717, 1.165) is 31.5 Å². The molecule has 0 saturated carbocycles. The molecular formula is C14H16N2O2. The Morgan fingerprint density at radius 2 is 1.83 bits per heavy atom. The fraction of sp³-hybridized carbons (Fsp3) is 0.429. The molecule has 0 radical (unpaired) electrons. The second-order valence-electron chi connectivity index (χ2n) is 4.86. The van der Waals surface area contributed by atoms with Crippen molar-refractivity contribution in [3.8, 4) is 0 Å². The van der Waals surface area contributed by atoms with Crippen molar-refractivity contribution in [1.29, 1.82) is 0 Å². The van der Waals surface area contributed by atoms with Gasteiger partial charge in [-0.1, -0.05) is 18.2 Å². The fourth-order valence-corrected chi connectivity index (χ4v) is 2.80. The van der Waals surface area contributed by atoms with Crippen molar-refractivity contribution >= 4 is 17.5 Å². The van der Waals surface area contributed by atoms with Crippen LogP contribution >= 0.6 is 0 Å². The van der Waals surface area contributed by atoms with Crippen molar-refractivity contribution in [2.24, 2.45) is 0 Å². The summed E-state index contributed by atoms with van der Waals surface area (Å²) in [4.78, 5) is 27.9. The van der Waals surface area contributed by atoms with Crippen LogP contribution in [0.25, 0.3) is 0 Å². The highest BCUT2D eigenvalue weighted by molar-refractivity contribution is 6.06. The van der Waals surface area contributed by atoms with Crippen molar-refractivity contribution in [3.63, 3.8) is 0 Å². The van der Waals surface area contributed by atoms with Gasteiger partial charge in [0, 0.05) is 12.2 Å². The molecule has 2 heterocycles. The van der Waals surface area contributed by atoms with Crippen LogP contribution in [0, 0.1) is 0 Å². The van der Waals surface area contributed by atoms with E-state index in [-0.39, 0.29) is 24.4 Å². The van der Waals surface area contributed by atoms with E-state index < -0.39 is 0 Å². The Morgan fingerprint density at radius 1 is 1.06 bits per heavy atom. The summed E-state index contributed by atoms with van der Waals surface area (Å²) in [5.41, 5.74) is 0.820. The maximum absolute atomic E-state index is 12.4. The summed E-state index contributed by atoms with van der Waals surface area (Å²) >= 11 is 0. The van der Waals surface area contributed by atoms with Gasteiger partial charge in [0.2, 0.25) is 11.8 Å². The second-order valence-corrected chi connectivity index (χ2v) is 4.86. The maximum Gasteiger partial charge on any atom is 0.250 e. The molecule has 0 aliphatic carbocycles. The minimum absolute atomic E-state index is 0.0699. The van der Waals surface area contributed by atoms with Crippen LogP contribution in [0.2, 0.25) is 0 Å². The first-order chi connectivity index (χ1) is 8.77. The molecular weight excluding hydrogens is 228 g/mol. The van der Waals surface area contributed by atoms with Crippen LogP contribution in [-0.2, 0) is 9.59 Å². The van der Waals surface area contributed by atoms with Crippen LogP contribution in [0.3, 0.4) is 0 Å². The standard InChI is InChI=1S/C14H16N2O2/c17-13-10-16(11-6-2-1-3-7-11)14(18)12-8-4-5-9-15(12)13/h1-3,6-7,12H,4-5,8-10H2. The predicted octanol–water partition coefficient (Wildman–Crippen LogP) is 1.41. The van der Waals surface area contributed by atoms with Crippen LogP contribution in [0.5, 0.6) is 0 Å². The topological polar surface area (TPSA) is 40.6 Å². The van der Waals surface area contributed by atoms with E-state index >= 15 is 0 Å². The Kier molecular flexibility index (Phi) is 2.78.